The van der Waals surface area contributed by atoms with Crippen molar-refractivity contribution in [2.45, 2.75) is 13.0 Å². The van der Waals surface area contributed by atoms with Crippen LogP contribution in [0.2, 0.25) is 0 Å². The van der Waals surface area contributed by atoms with E-state index in [0.717, 1.165) is 17.7 Å². The van der Waals surface area contributed by atoms with Gasteiger partial charge in [-0.25, -0.2) is 9.37 Å². The molecule has 4 nitrogen and oxygen atoms in total. The van der Waals surface area contributed by atoms with Gasteiger partial charge in [-0.1, -0.05) is 59.9 Å². The van der Waals surface area contributed by atoms with Crippen molar-refractivity contribution in [2.24, 2.45) is 0 Å². The van der Waals surface area contributed by atoms with Crippen molar-refractivity contribution in [1.29, 1.82) is 0 Å². The Labute approximate surface area is 195 Å². The molecule has 0 saturated carbocycles. The molecule has 0 saturated heterocycles. The van der Waals surface area contributed by atoms with Crippen LogP contribution in [0, 0.1) is 5.82 Å². The molecule has 33 heavy (non-hydrogen) atoms. The molecule has 6 heteroatoms. The molecule has 0 radical (unpaired) electrons. The third-order valence-electron chi connectivity index (χ3n) is 5.31. The third-order valence-corrected chi connectivity index (χ3v) is 6.35. The summed E-state index contributed by atoms with van der Waals surface area (Å²) in [5.41, 5.74) is 4.32. The number of benzene rings is 3. The van der Waals surface area contributed by atoms with E-state index in [-0.39, 0.29) is 18.3 Å². The molecule has 2 aromatic heterocycles. The lowest BCUT2D eigenvalue weighted by Crippen LogP contribution is -2.30. The fourth-order valence-electron chi connectivity index (χ4n) is 3.63. The van der Waals surface area contributed by atoms with Gasteiger partial charge in [0.15, 0.2) is 5.13 Å². The highest BCUT2D eigenvalue weighted by Crippen LogP contribution is 2.31. The van der Waals surface area contributed by atoms with Gasteiger partial charge >= 0.3 is 0 Å². The van der Waals surface area contributed by atoms with E-state index in [1.54, 1.807) is 17.2 Å². The first-order chi connectivity index (χ1) is 16.2. The number of amides is 1. The molecular weight excluding hydrogens is 433 g/mol. The third kappa shape index (κ3) is 4.81. The second-order valence-electron chi connectivity index (χ2n) is 7.68. The van der Waals surface area contributed by atoms with Crippen LogP contribution in [0.1, 0.15) is 27.2 Å². The molecule has 1 amide bonds. The van der Waals surface area contributed by atoms with Gasteiger partial charge < -0.3 is 0 Å². The number of aromatic nitrogens is 2. The smallest absolute Gasteiger partial charge is 0.260 e. The van der Waals surface area contributed by atoms with E-state index in [0.29, 0.717) is 20.9 Å². The highest BCUT2D eigenvalue weighted by Gasteiger charge is 2.22. The van der Waals surface area contributed by atoms with Gasteiger partial charge in [-0.2, -0.15) is 0 Å². The van der Waals surface area contributed by atoms with Gasteiger partial charge in [-0.3, -0.25) is 14.7 Å². The number of carbonyl (C=O) groups is 1. The predicted octanol–water partition coefficient (Wildman–Crippen LogP) is 6.27. The number of hydrogen-bond donors (Lipinski definition) is 0. The number of carbonyl (C=O) groups excluding carboxylic acids is 1. The van der Waals surface area contributed by atoms with Crippen LogP contribution in [-0.4, -0.2) is 15.9 Å². The summed E-state index contributed by atoms with van der Waals surface area (Å²) in [4.78, 5) is 24.1. The Kier molecular flexibility index (Phi) is 5.91. The summed E-state index contributed by atoms with van der Waals surface area (Å²) in [7, 11) is 0. The number of thiazole rings is 1. The van der Waals surface area contributed by atoms with Crippen molar-refractivity contribution in [2.75, 3.05) is 4.90 Å². The van der Waals surface area contributed by atoms with Crippen molar-refractivity contribution < 1.29 is 9.18 Å². The largest absolute Gasteiger partial charge is 0.278 e. The first kappa shape index (κ1) is 21.0. The molecule has 2 heterocycles. The minimum absolute atomic E-state index is 0.175. The van der Waals surface area contributed by atoms with Gasteiger partial charge in [0.05, 0.1) is 22.5 Å². The Morgan fingerprint density at radius 1 is 0.879 bits per heavy atom. The number of halogens is 1. The number of rotatable bonds is 6. The molecule has 0 spiro atoms. The molecule has 0 aliphatic rings. The first-order valence-electron chi connectivity index (χ1n) is 10.6. The van der Waals surface area contributed by atoms with Gasteiger partial charge in [-0.05, 0) is 60.0 Å². The van der Waals surface area contributed by atoms with Gasteiger partial charge in [0, 0.05) is 11.8 Å². The highest BCUT2D eigenvalue weighted by atomic mass is 32.1. The van der Waals surface area contributed by atoms with E-state index >= 15 is 0 Å². The number of hydrogen-bond acceptors (Lipinski definition) is 4. The monoisotopic (exact) mass is 453 g/mol. The van der Waals surface area contributed by atoms with Gasteiger partial charge in [-0.15, -0.1) is 0 Å². The maximum atomic E-state index is 13.7. The number of nitrogens with zero attached hydrogens (tertiary/aromatic N) is 3. The van der Waals surface area contributed by atoms with Crippen molar-refractivity contribution in [1.82, 2.24) is 9.97 Å². The summed E-state index contributed by atoms with van der Waals surface area (Å²) in [6.07, 6.45) is 2.50. The molecule has 0 atom stereocenters. The molecule has 0 N–H and O–H groups in total. The van der Waals surface area contributed by atoms with Crippen LogP contribution in [0.3, 0.4) is 0 Å². The van der Waals surface area contributed by atoms with E-state index in [2.05, 4.69) is 22.1 Å². The van der Waals surface area contributed by atoms with Gasteiger partial charge in [0.2, 0.25) is 0 Å². The molecule has 3 aromatic carbocycles. The minimum atomic E-state index is -0.325. The van der Waals surface area contributed by atoms with Crippen LogP contribution in [-0.2, 0) is 13.0 Å². The minimum Gasteiger partial charge on any atom is -0.278 e. The standard InChI is InChI=1S/C27H20FN3OS/c28-22-13-14-24-25(17-22)33-27(30-24)31(18-23-8-4-5-15-29-23)26(32)21-11-9-20(10-12-21)16-19-6-2-1-3-7-19/h1-15,17H,16,18H2. The van der Waals surface area contributed by atoms with Crippen LogP contribution >= 0.6 is 11.3 Å². The Hall–Kier alpha value is -3.90. The van der Waals surface area contributed by atoms with Crippen molar-refractivity contribution >= 4 is 32.6 Å². The SMILES string of the molecule is O=C(c1ccc(Cc2ccccc2)cc1)N(Cc1ccccn1)c1nc2ccc(F)cc2s1. The maximum Gasteiger partial charge on any atom is 0.260 e. The van der Waals surface area contributed by atoms with Crippen molar-refractivity contribution in [3.05, 3.63) is 125 Å². The fraction of sp³-hybridized carbons (Fsp3) is 0.0741. The number of pyridine rings is 1. The van der Waals surface area contributed by atoms with Crippen molar-refractivity contribution in [3.63, 3.8) is 0 Å². The lowest BCUT2D eigenvalue weighted by Gasteiger charge is -2.20. The molecular formula is C27H20FN3OS. The van der Waals surface area contributed by atoms with E-state index in [1.165, 1.54) is 29.0 Å². The molecule has 0 aliphatic carbocycles. The van der Waals surface area contributed by atoms with E-state index in [4.69, 9.17) is 0 Å². The Morgan fingerprint density at radius 3 is 2.39 bits per heavy atom. The predicted molar refractivity (Wildman–Crippen MR) is 130 cm³/mol. The molecule has 0 aliphatic heterocycles. The molecule has 0 unspecified atom stereocenters. The zero-order valence-corrected chi connectivity index (χ0v) is 18.5. The quantitative estimate of drug-likeness (QED) is 0.304. The first-order valence-corrected chi connectivity index (χ1v) is 11.4. The summed E-state index contributed by atoms with van der Waals surface area (Å²) < 4.78 is 14.4. The highest BCUT2D eigenvalue weighted by molar-refractivity contribution is 7.22. The van der Waals surface area contributed by atoms with E-state index < -0.39 is 0 Å². The lowest BCUT2D eigenvalue weighted by atomic mass is 10.0. The molecule has 0 fully saturated rings. The lowest BCUT2D eigenvalue weighted by molar-refractivity contribution is 0.0985. The summed E-state index contributed by atoms with van der Waals surface area (Å²) >= 11 is 1.29. The van der Waals surface area contributed by atoms with Crippen LogP contribution in [0.4, 0.5) is 9.52 Å². The van der Waals surface area contributed by atoms with Crippen LogP contribution in [0.5, 0.6) is 0 Å². The van der Waals surface area contributed by atoms with Crippen LogP contribution in [0.15, 0.2) is 97.2 Å². The molecule has 5 rings (SSSR count). The number of anilines is 1. The second kappa shape index (κ2) is 9.30. The van der Waals surface area contributed by atoms with E-state index in [9.17, 15) is 9.18 Å². The normalized spacial score (nSPS) is 10.9. The fourth-order valence-corrected chi connectivity index (χ4v) is 4.62. The Balaban J connectivity index is 1.45. The summed E-state index contributed by atoms with van der Waals surface area (Å²) in [6.45, 7) is 0.272. The summed E-state index contributed by atoms with van der Waals surface area (Å²) in [6, 6.07) is 27.9. The Morgan fingerprint density at radius 2 is 1.64 bits per heavy atom. The average molecular weight is 454 g/mol. The van der Waals surface area contributed by atoms with Gasteiger partial charge in [0.1, 0.15) is 5.82 Å². The molecule has 162 valence electrons. The Bertz CT molecular complexity index is 1390. The van der Waals surface area contributed by atoms with Gasteiger partial charge in [0.25, 0.3) is 5.91 Å². The van der Waals surface area contributed by atoms with Crippen LogP contribution < -0.4 is 4.90 Å². The average Bonchev–Trinajstić information content (AvgIpc) is 3.27. The van der Waals surface area contributed by atoms with Crippen molar-refractivity contribution in [3.8, 4) is 0 Å². The molecule has 5 aromatic rings. The maximum absolute atomic E-state index is 13.7. The van der Waals surface area contributed by atoms with E-state index in [1.807, 2.05) is 60.7 Å². The topological polar surface area (TPSA) is 46.1 Å². The summed E-state index contributed by atoms with van der Waals surface area (Å²) in [5, 5.41) is 0.514. The zero-order chi connectivity index (χ0) is 22.6. The number of fused-ring (bicyclic) bond motifs is 1. The van der Waals surface area contributed by atoms with Crippen LogP contribution in [0.25, 0.3) is 10.2 Å². The molecule has 0 bridgehead atoms. The summed E-state index contributed by atoms with van der Waals surface area (Å²) in [5.74, 6) is -0.499. The second-order valence-corrected chi connectivity index (χ2v) is 8.69. The zero-order valence-electron chi connectivity index (χ0n) is 17.7.